The van der Waals surface area contributed by atoms with E-state index in [9.17, 15) is 18.0 Å². The molecule has 1 amide bonds. The molecule has 0 fully saturated rings. The first-order valence-corrected chi connectivity index (χ1v) is 7.97. The molecule has 1 N–H and O–H groups in total. The molecule has 140 valence electrons. The molecule has 3 aromatic rings. The van der Waals surface area contributed by atoms with Gasteiger partial charge < -0.3 is 10.1 Å². The molecule has 5 nitrogen and oxygen atoms in total. The molecule has 0 atom stereocenters. The summed E-state index contributed by atoms with van der Waals surface area (Å²) in [5, 5.41) is 6.35. The molecule has 0 aliphatic rings. The van der Waals surface area contributed by atoms with E-state index < -0.39 is 11.9 Å². The van der Waals surface area contributed by atoms with E-state index in [-0.39, 0.29) is 11.6 Å². The van der Waals surface area contributed by atoms with Gasteiger partial charge >= 0.3 is 6.18 Å². The van der Waals surface area contributed by atoms with Gasteiger partial charge in [-0.15, -0.1) is 0 Å². The maximum Gasteiger partial charge on any atom is 0.435 e. The molecule has 0 saturated carbocycles. The first-order valence-electron chi connectivity index (χ1n) is 7.97. The van der Waals surface area contributed by atoms with Crippen molar-refractivity contribution < 1.29 is 22.7 Å². The van der Waals surface area contributed by atoms with E-state index in [1.165, 1.54) is 18.7 Å². The van der Waals surface area contributed by atoms with Crippen LogP contribution in [0.25, 0.3) is 16.9 Å². The van der Waals surface area contributed by atoms with E-state index >= 15 is 0 Å². The van der Waals surface area contributed by atoms with Gasteiger partial charge in [0.25, 0.3) is 0 Å². The number of carbonyl (C=O) groups is 1. The molecule has 0 saturated heterocycles. The van der Waals surface area contributed by atoms with E-state index in [0.29, 0.717) is 22.7 Å². The van der Waals surface area contributed by atoms with Gasteiger partial charge in [-0.3, -0.25) is 4.79 Å². The van der Waals surface area contributed by atoms with Crippen LogP contribution in [0.15, 0.2) is 54.6 Å². The first kappa shape index (κ1) is 18.5. The van der Waals surface area contributed by atoms with Crippen molar-refractivity contribution in [1.82, 2.24) is 9.78 Å². The standard InChI is InChI=1S/C19H16F3N3O2/c1-12(26)23-14-5-3-13(4-6-14)17-11-18(19(20,21)22)24-25(17)15-7-9-16(27-2)10-8-15/h3-11H,1-2H3,(H,23,26). The van der Waals surface area contributed by atoms with Crippen molar-refractivity contribution in [3.05, 3.63) is 60.3 Å². The number of amides is 1. The highest BCUT2D eigenvalue weighted by Crippen LogP contribution is 2.33. The van der Waals surface area contributed by atoms with Crippen LogP contribution in [0.2, 0.25) is 0 Å². The molecule has 0 unspecified atom stereocenters. The van der Waals surface area contributed by atoms with Gasteiger partial charge in [0.15, 0.2) is 5.69 Å². The van der Waals surface area contributed by atoms with Gasteiger partial charge in [0.2, 0.25) is 5.91 Å². The molecule has 2 aromatic carbocycles. The Morgan fingerprint density at radius 1 is 1.07 bits per heavy atom. The van der Waals surface area contributed by atoms with Gasteiger partial charge in [0.05, 0.1) is 18.5 Å². The van der Waals surface area contributed by atoms with Crippen LogP contribution in [0.5, 0.6) is 5.75 Å². The molecule has 3 rings (SSSR count). The lowest BCUT2D eigenvalue weighted by Gasteiger charge is -2.09. The highest BCUT2D eigenvalue weighted by molar-refractivity contribution is 5.88. The Labute approximate surface area is 153 Å². The van der Waals surface area contributed by atoms with Crippen LogP contribution >= 0.6 is 0 Å². The third-order valence-electron chi connectivity index (χ3n) is 3.82. The van der Waals surface area contributed by atoms with Crippen molar-refractivity contribution in [2.75, 3.05) is 12.4 Å². The SMILES string of the molecule is COc1ccc(-n2nc(C(F)(F)F)cc2-c2ccc(NC(C)=O)cc2)cc1. The van der Waals surface area contributed by atoms with Gasteiger partial charge in [-0.2, -0.15) is 18.3 Å². The molecule has 1 heterocycles. The Bertz CT molecular complexity index is 946. The third-order valence-corrected chi connectivity index (χ3v) is 3.82. The van der Waals surface area contributed by atoms with E-state index in [2.05, 4.69) is 10.4 Å². The Kier molecular flexibility index (Phi) is 4.89. The number of carbonyl (C=O) groups excluding carboxylic acids is 1. The number of halogens is 3. The van der Waals surface area contributed by atoms with Crippen LogP contribution in [0, 0.1) is 0 Å². The van der Waals surface area contributed by atoms with Crippen LogP contribution in [-0.2, 0) is 11.0 Å². The zero-order chi connectivity index (χ0) is 19.6. The highest BCUT2D eigenvalue weighted by atomic mass is 19.4. The number of aromatic nitrogens is 2. The van der Waals surface area contributed by atoms with Crippen LogP contribution in [-0.4, -0.2) is 22.8 Å². The zero-order valence-corrected chi connectivity index (χ0v) is 14.5. The summed E-state index contributed by atoms with van der Waals surface area (Å²) in [7, 11) is 1.51. The summed E-state index contributed by atoms with van der Waals surface area (Å²) in [5.74, 6) is 0.355. The predicted octanol–water partition coefficient (Wildman–Crippen LogP) is 4.53. The number of nitrogens with zero attached hydrogens (tertiary/aromatic N) is 2. The summed E-state index contributed by atoms with van der Waals surface area (Å²) >= 11 is 0. The van der Waals surface area contributed by atoms with E-state index in [1.54, 1.807) is 48.5 Å². The molecule has 0 bridgehead atoms. The maximum atomic E-state index is 13.2. The maximum absolute atomic E-state index is 13.2. The van der Waals surface area contributed by atoms with Crippen molar-refractivity contribution in [3.63, 3.8) is 0 Å². The van der Waals surface area contributed by atoms with E-state index in [1.807, 2.05) is 0 Å². The van der Waals surface area contributed by atoms with Crippen LogP contribution in [0.3, 0.4) is 0 Å². The number of nitrogens with one attached hydrogen (secondary N) is 1. The Hall–Kier alpha value is -3.29. The quantitative estimate of drug-likeness (QED) is 0.729. The van der Waals surface area contributed by atoms with Crippen LogP contribution in [0.1, 0.15) is 12.6 Å². The predicted molar refractivity (Wildman–Crippen MR) is 94.9 cm³/mol. The summed E-state index contributed by atoms with van der Waals surface area (Å²) < 4.78 is 45.9. The number of hydrogen-bond donors (Lipinski definition) is 1. The molecular weight excluding hydrogens is 359 g/mol. The van der Waals surface area contributed by atoms with Crippen molar-refractivity contribution >= 4 is 11.6 Å². The van der Waals surface area contributed by atoms with Gasteiger partial charge in [0.1, 0.15) is 5.75 Å². The molecule has 8 heteroatoms. The summed E-state index contributed by atoms with van der Waals surface area (Å²) in [4.78, 5) is 11.1. The van der Waals surface area contributed by atoms with Gasteiger partial charge in [0, 0.05) is 18.2 Å². The number of benzene rings is 2. The molecule has 1 aromatic heterocycles. The Balaban J connectivity index is 2.07. The van der Waals surface area contributed by atoms with Crippen molar-refractivity contribution in [1.29, 1.82) is 0 Å². The van der Waals surface area contributed by atoms with E-state index in [0.717, 1.165) is 6.07 Å². The second-order valence-electron chi connectivity index (χ2n) is 5.78. The number of anilines is 1. The monoisotopic (exact) mass is 375 g/mol. The molecule has 0 spiro atoms. The first-order chi connectivity index (χ1) is 12.8. The third kappa shape index (κ3) is 4.11. The number of rotatable bonds is 4. The lowest BCUT2D eigenvalue weighted by Crippen LogP contribution is -2.07. The Morgan fingerprint density at radius 2 is 1.70 bits per heavy atom. The minimum Gasteiger partial charge on any atom is -0.497 e. The fourth-order valence-corrected chi connectivity index (χ4v) is 2.57. The average Bonchev–Trinajstić information content (AvgIpc) is 3.08. The smallest absolute Gasteiger partial charge is 0.435 e. The van der Waals surface area contributed by atoms with Crippen molar-refractivity contribution in [3.8, 4) is 22.7 Å². The summed E-state index contributed by atoms with van der Waals surface area (Å²) in [6.45, 7) is 1.38. The van der Waals surface area contributed by atoms with Gasteiger partial charge in [-0.25, -0.2) is 4.68 Å². The minimum absolute atomic E-state index is 0.231. The normalized spacial score (nSPS) is 11.3. The fraction of sp³-hybridized carbons (Fsp3) is 0.158. The zero-order valence-electron chi connectivity index (χ0n) is 14.5. The molecule has 0 aliphatic carbocycles. The van der Waals surface area contributed by atoms with Gasteiger partial charge in [-0.05, 0) is 42.5 Å². The second kappa shape index (κ2) is 7.14. The number of ether oxygens (including phenoxy) is 1. The largest absolute Gasteiger partial charge is 0.497 e. The summed E-state index contributed by atoms with van der Waals surface area (Å²) in [6, 6.07) is 14.0. The summed E-state index contributed by atoms with van der Waals surface area (Å²) in [5.41, 5.74) is 0.842. The van der Waals surface area contributed by atoms with Crippen molar-refractivity contribution in [2.45, 2.75) is 13.1 Å². The number of hydrogen-bond acceptors (Lipinski definition) is 3. The number of alkyl halides is 3. The van der Waals surface area contributed by atoms with Crippen molar-refractivity contribution in [2.24, 2.45) is 0 Å². The number of methoxy groups -OCH3 is 1. The lowest BCUT2D eigenvalue weighted by molar-refractivity contribution is -0.141. The molecule has 27 heavy (non-hydrogen) atoms. The minimum atomic E-state index is -4.57. The topological polar surface area (TPSA) is 56.1 Å². The Morgan fingerprint density at radius 3 is 2.22 bits per heavy atom. The molecular formula is C19H16F3N3O2. The highest BCUT2D eigenvalue weighted by Gasteiger charge is 2.35. The average molecular weight is 375 g/mol. The van der Waals surface area contributed by atoms with Gasteiger partial charge in [-0.1, -0.05) is 12.1 Å². The van der Waals surface area contributed by atoms with E-state index in [4.69, 9.17) is 4.74 Å². The van der Waals surface area contributed by atoms with Crippen LogP contribution in [0.4, 0.5) is 18.9 Å². The fourth-order valence-electron chi connectivity index (χ4n) is 2.57. The van der Waals surface area contributed by atoms with Crippen LogP contribution < -0.4 is 10.1 Å². The molecule has 0 aliphatic heterocycles. The molecule has 0 radical (unpaired) electrons. The summed E-state index contributed by atoms with van der Waals surface area (Å²) in [6.07, 6.45) is -4.57. The second-order valence-corrected chi connectivity index (χ2v) is 5.78. The lowest BCUT2D eigenvalue weighted by atomic mass is 10.1.